The first-order chi connectivity index (χ1) is 16.8. The van der Waals surface area contributed by atoms with Crippen LogP contribution >= 0.6 is 11.6 Å². The molecule has 36 heavy (non-hydrogen) atoms. The second-order valence-electron chi connectivity index (χ2n) is 10.2. The topological polar surface area (TPSA) is 85.1 Å². The minimum absolute atomic E-state index is 0.225. The Morgan fingerprint density at radius 1 is 1.33 bits per heavy atom. The number of hydrogen-bond donors (Lipinski definition) is 1. The van der Waals surface area contributed by atoms with Crippen LogP contribution in [0.15, 0.2) is 35.2 Å². The van der Waals surface area contributed by atoms with Crippen molar-refractivity contribution in [3.8, 4) is 0 Å². The molecule has 0 bridgehead atoms. The fourth-order valence-electron chi connectivity index (χ4n) is 3.29. The first kappa shape index (κ1) is 31.4. The highest BCUT2D eigenvalue weighted by atomic mass is 35.5. The van der Waals surface area contributed by atoms with Gasteiger partial charge in [-0.15, -0.1) is 0 Å². The van der Waals surface area contributed by atoms with Crippen molar-refractivity contribution in [3.63, 3.8) is 0 Å². The molecule has 3 rings (SSSR count). The predicted molar refractivity (Wildman–Crippen MR) is 149 cm³/mol. The number of esters is 1. The van der Waals surface area contributed by atoms with Crippen molar-refractivity contribution in [2.75, 3.05) is 7.05 Å². The Labute approximate surface area is 221 Å². The molecule has 1 amide bonds. The maximum Gasteiger partial charge on any atom is 0.303 e. The highest BCUT2D eigenvalue weighted by Crippen LogP contribution is 2.31. The summed E-state index contributed by atoms with van der Waals surface area (Å²) in [6, 6.07) is 2.01. The van der Waals surface area contributed by atoms with Crippen LogP contribution in [0, 0.1) is 12.8 Å². The number of hydrogen-bond acceptors (Lipinski definition) is 5. The van der Waals surface area contributed by atoms with Crippen molar-refractivity contribution < 1.29 is 14.3 Å². The van der Waals surface area contributed by atoms with Crippen molar-refractivity contribution in [1.29, 1.82) is 0 Å². The van der Waals surface area contributed by atoms with E-state index in [-0.39, 0.29) is 11.6 Å². The van der Waals surface area contributed by atoms with E-state index >= 15 is 0 Å². The number of aromatic nitrogens is 2. The zero-order valence-electron chi connectivity index (χ0n) is 23.3. The third kappa shape index (κ3) is 11.8. The minimum atomic E-state index is -0.328. The Morgan fingerprint density at radius 2 is 1.97 bits per heavy atom. The van der Waals surface area contributed by atoms with Crippen molar-refractivity contribution in [1.82, 2.24) is 14.7 Å². The molecule has 2 aromatic heterocycles. The average molecular weight is 519 g/mol. The van der Waals surface area contributed by atoms with E-state index in [0.717, 1.165) is 52.6 Å². The molecule has 1 saturated carbocycles. The van der Waals surface area contributed by atoms with E-state index < -0.39 is 0 Å². The van der Waals surface area contributed by atoms with E-state index in [2.05, 4.69) is 36.1 Å². The summed E-state index contributed by atoms with van der Waals surface area (Å²) >= 11 is 6.03. The van der Waals surface area contributed by atoms with Gasteiger partial charge in [-0.3, -0.25) is 14.6 Å². The van der Waals surface area contributed by atoms with E-state index in [1.807, 2.05) is 63.7 Å². The Hall–Kier alpha value is -2.67. The number of ether oxygens (including phenoxy) is 1. The zero-order chi connectivity index (χ0) is 27.5. The fraction of sp³-hybridized carbons (Fsp3) is 0.571. The Morgan fingerprint density at radius 3 is 2.39 bits per heavy atom. The molecule has 0 radical (unpaired) electrons. The number of imidazole rings is 1. The van der Waals surface area contributed by atoms with Crippen LogP contribution in [0.1, 0.15) is 91.3 Å². The number of carbonyl (C=O) groups is 2. The molecule has 1 fully saturated rings. The maximum atomic E-state index is 10.4. The predicted octanol–water partition coefficient (Wildman–Crippen LogP) is 6.66. The first-order valence-electron chi connectivity index (χ1n) is 12.5. The lowest BCUT2D eigenvalue weighted by atomic mass is 10.1. The number of nitrogens with one attached hydrogen (secondary N) is 1. The highest BCUT2D eigenvalue weighted by molar-refractivity contribution is 6.31. The molecule has 200 valence electrons. The summed E-state index contributed by atoms with van der Waals surface area (Å²) in [7, 11) is 1.81. The quantitative estimate of drug-likeness (QED) is 0.252. The van der Waals surface area contributed by atoms with E-state index in [1.54, 1.807) is 0 Å². The number of allylic oxidation sites excluding steroid dienone is 2. The lowest BCUT2D eigenvalue weighted by Crippen LogP contribution is -2.21. The van der Waals surface area contributed by atoms with E-state index in [9.17, 15) is 9.59 Å². The molecule has 7 nitrogen and oxygen atoms in total. The fourth-order valence-corrected chi connectivity index (χ4v) is 3.45. The molecule has 2 heterocycles. The third-order valence-electron chi connectivity index (χ3n) is 5.14. The lowest BCUT2D eigenvalue weighted by molar-refractivity contribution is -0.151. The summed E-state index contributed by atoms with van der Waals surface area (Å²) in [4.78, 5) is 29.3. The number of rotatable bonds is 7. The van der Waals surface area contributed by atoms with Gasteiger partial charge in [-0.2, -0.15) is 0 Å². The van der Waals surface area contributed by atoms with Gasteiger partial charge in [0.25, 0.3) is 0 Å². The number of halogens is 1. The summed E-state index contributed by atoms with van der Waals surface area (Å²) < 4.78 is 6.78. The molecule has 0 atom stereocenters. The van der Waals surface area contributed by atoms with Gasteiger partial charge in [0, 0.05) is 43.7 Å². The largest absolute Gasteiger partial charge is 0.460 e. The molecule has 1 aliphatic rings. The van der Waals surface area contributed by atoms with Crippen molar-refractivity contribution in [3.05, 3.63) is 46.5 Å². The molecular weight excluding hydrogens is 476 g/mol. The maximum absolute atomic E-state index is 10.4. The SMILES string of the molecule is CC(=O)OC(C)(C)C.CCC/C(=C\C(=NC)C1CC1)NC=O.Cc1cc2nc(C(C)C)cn2cc1Cl. The molecule has 0 aliphatic heterocycles. The highest BCUT2D eigenvalue weighted by Gasteiger charge is 2.25. The standard InChI is InChI=1S/C11H13ClN2.C11H18N2O.C6H12O2/c1-7(2)10-6-14-5-9(12)8(3)4-11(14)13-10;1-3-4-10(13-8-14)7-11(12-2)9-5-6-9;1-5(7)8-6(2,3)4/h4-7H,1-3H3;7-9H,3-6H2,1-2H3,(H,13,14);1-4H3/b;10-7+,12-11?;. The van der Waals surface area contributed by atoms with Crippen LogP contribution in [0.3, 0.4) is 0 Å². The molecular formula is C28H43ClN4O3. The number of nitrogens with zero attached hydrogens (tertiary/aromatic N) is 3. The normalized spacial score (nSPS) is 14.0. The summed E-state index contributed by atoms with van der Waals surface area (Å²) in [5, 5.41) is 3.51. The summed E-state index contributed by atoms with van der Waals surface area (Å²) in [5.41, 5.74) is 4.92. The van der Waals surface area contributed by atoms with Crippen LogP contribution in [0.2, 0.25) is 5.02 Å². The van der Waals surface area contributed by atoms with Crippen LogP contribution < -0.4 is 5.32 Å². The average Bonchev–Trinajstić information content (AvgIpc) is 3.52. The molecule has 0 spiro atoms. The zero-order valence-corrected chi connectivity index (χ0v) is 24.1. The van der Waals surface area contributed by atoms with Crippen molar-refractivity contribution in [2.24, 2.45) is 10.9 Å². The Kier molecular flexibility index (Phi) is 12.9. The van der Waals surface area contributed by atoms with Gasteiger partial charge in [0.2, 0.25) is 6.41 Å². The number of fused-ring (bicyclic) bond motifs is 1. The molecule has 1 aliphatic carbocycles. The number of carbonyl (C=O) groups excluding carboxylic acids is 2. The monoisotopic (exact) mass is 518 g/mol. The van der Waals surface area contributed by atoms with Gasteiger partial charge >= 0.3 is 5.97 Å². The van der Waals surface area contributed by atoms with E-state index in [1.165, 1.54) is 19.8 Å². The van der Waals surface area contributed by atoms with Crippen molar-refractivity contribution >= 4 is 35.3 Å². The Balaban J connectivity index is 0.000000282. The molecule has 0 unspecified atom stereocenters. The Bertz CT molecular complexity index is 1020. The van der Waals surface area contributed by atoms with Gasteiger partial charge in [0.05, 0.1) is 10.7 Å². The van der Waals surface area contributed by atoms with Crippen LogP contribution in [0.25, 0.3) is 5.65 Å². The second-order valence-corrected chi connectivity index (χ2v) is 10.6. The first-order valence-corrected chi connectivity index (χ1v) is 12.9. The van der Waals surface area contributed by atoms with Gasteiger partial charge in [-0.1, -0.05) is 38.8 Å². The van der Waals surface area contributed by atoms with Crippen LogP contribution in [-0.4, -0.2) is 40.1 Å². The van der Waals surface area contributed by atoms with E-state index in [0.29, 0.717) is 11.8 Å². The van der Waals surface area contributed by atoms with Gasteiger partial charge in [0.15, 0.2) is 0 Å². The molecule has 1 N–H and O–H groups in total. The van der Waals surface area contributed by atoms with Crippen LogP contribution in [-0.2, 0) is 14.3 Å². The molecule has 2 aromatic rings. The van der Waals surface area contributed by atoms with E-state index in [4.69, 9.17) is 16.3 Å². The van der Waals surface area contributed by atoms with Gasteiger partial charge in [-0.05, 0) is 70.6 Å². The minimum Gasteiger partial charge on any atom is -0.460 e. The smallest absolute Gasteiger partial charge is 0.303 e. The molecule has 0 aromatic carbocycles. The van der Waals surface area contributed by atoms with Gasteiger partial charge < -0.3 is 14.5 Å². The van der Waals surface area contributed by atoms with Gasteiger partial charge in [0.1, 0.15) is 11.2 Å². The second kappa shape index (κ2) is 14.8. The number of pyridine rings is 1. The van der Waals surface area contributed by atoms with Gasteiger partial charge in [-0.25, -0.2) is 4.98 Å². The molecule has 8 heteroatoms. The third-order valence-corrected chi connectivity index (χ3v) is 5.53. The van der Waals surface area contributed by atoms with Crippen LogP contribution in [0.4, 0.5) is 0 Å². The lowest BCUT2D eigenvalue weighted by Gasteiger charge is -2.17. The van der Waals surface area contributed by atoms with Crippen molar-refractivity contribution in [2.45, 2.75) is 92.6 Å². The summed E-state index contributed by atoms with van der Waals surface area (Å²) in [6.45, 7) is 15.3. The number of amides is 1. The summed E-state index contributed by atoms with van der Waals surface area (Å²) in [6.07, 6.45) is 11.1. The molecule has 0 saturated heterocycles. The van der Waals surface area contributed by atoms with Crippen LogP contribution in [0.5, 0.6) is 0 Å². The summed E-state index contributed by atoms with van der Waals surface area (Å²) in [5.74, 6) is 0.867. The number of aryl methyl sites for hydroxylation is 1. The number of aliphatic imine (C=N–C) groups is 1.